The zero-order chi connectivity index (χ0) is 19.4. The standard InChI is InChI=1S/C16H12N2O6S2/c17-9-3-10-26(23,24)18-14-6-7-15(13-5-2-1-4-12(13)14)25(21,22)11-8-16(19)20/h1-8,10-11,18H,(H,19,20)/b10-3+,11-8+. The number of carbonyl (C=O) groups is 1. The van der Waals surface area contributed by atoms with Gasteiger partial charge < -0.3 is 5.11 Å². The Morgan fingerprint density at radius 2 is 1.69 bits per heavy atom. The smallest absolute Gasteiger partial charge is 0.329 e. The summed E-state index contributed by atoms with van der Waals surface area (Å²) in [6.45, 7) is 0. The molecular weight excluding hydrogens is 380 g/mol. The van der Waals surface area contributed by atoms with Crippen molar-refractivity contribution in [1.29, 1.82) is 5.26 Å². The Morgan fingerprint density at radius 1 is 1.04 bits per heavy atom. The van der Waals surface area contributed by atoms with Crippen molar-refractivity contribution in [2.45, 2.75) is 4.90 Å². The van der Waals surface area contributed by atoms with Crippen LogP contribution in [0.3, 0.4) is 0 Å². The normalized spacial score (nSPS) is 12.4. The maximum atomic E-state index is 12.4. The number of fused-ring (bicyclic) bond motifs is 1. The summed E-state index contributed by atoms with van der Waals surface area (Å²) in [5, 5.41) is 18.8. The van der Waals surface area contributed by atoms with Gasteiger partial charge in [-0.15, -0.1) is 0 Å². The molecule has 0 atom stereocenters. The van der Waals surface area contributed by atoms with Crippen LogP contribution in [-0.4, -0.2) is 27.9 Å². The van der Waals surface area contributed by atoms with Crippen LogP contribution in [0.4, 0.5) is 5.69 Å². The van der Waals surface area contributed by atoms with Gasteiger partial charge >= 0.3 is 5.97 Å². The van der Waals surface area contributed by atoms with Crippen LogP contribution in [0.5, 0.6) is 0 Å². The first kappa shape index (κ1) is 19.2. The molecule has 2 N–H and O–H groups in total. The van der Waals surface area contributed by atoms with E-state index in [2.05, 4.69) is 4.72 Å². The summed E-state index contributed by atoms with van der Waals surface area (Å²) in [5.41, 5.74) is 0.115. The number of nitrogens with zero attached hydrogens (tertiary/aromatic N) is 1. The fraction of sp³-hybridized carbons (Fsp3) is 0. The van der Waals surface area contributed by atoms with Gasteiger partial charge in [0.1, 0.15) is 0 Å². The molecule has 2 rings (SSSR count). The summed E-state index contributed by atoms with van der Waals surface area (Å²) in [7, 11) is -8.00. The number of sulfonamides is 1. The molecule has 0 aliphatic carbocycles. The second kappa shape index (κ2) is 7.38. The number of benzene rings is 2. The number of allylic oxidation sites excluding steroid dienone is 1. The lowest BCUT2D eigenvalue weighted by Crippen LogP contribution is -2.10. The Bertz CT molecular complexity index is 1170. The van der Waals surface area contributed by atoms with Gasteiger partial charge in [-0.05, 0) is 12.1 Å². The average Bonchev–Trinajstić information content (AvgIpc) is 2.58. The van der Waals surface area contributed by atoms with E-state index in [1.54, 1.807) is 18.2 Å². The van der Waals surface area contributed by atoms with E-state index < -0.39 is 25.8 Å². The lowest BCUT2D eigenvalue weighted by Gasteiger charge is -2.11. The van der Waals surface area contributed by atoms with E-state index in [0.29, 0.717) is 22.3 Å². The van der Waals surface area contributed by atoms with Gasteiger partial charge in [0, 0.05) is 28.3 Å². The summed E-state index contributed by atoms with van der Waals surface area (Å²) in [6, 6.07) is 10.1. The van der Waals surface area contributed by atoms with Crippen molar-refractivity contribution in [2.24, 2.45) is 0 Å². The van der Waals surface area contributed by atoms with Gasteiger partial charge in [0.05, 0.1) is 22.1 Å². The maximum absolute atomic E-state index is 12.4. The quantitative estimate of drug-likeness (QED) is 0.565. The largest absolute Gasteiger partial charge is 0.478 e. The lowest BCUT2D eigenvalue weighted by atomic mass is 10.1. The third kappa shape index (κ3) is 4.47. The van der Waals surface area contributed by atoms with Crippen molar-refractivity contribution in [2.75, 3.05) is 4.72 Å². The van der Waals surface area contributed by atoms with Crippen molar-refractivity contribution in [3.63, 3.8) is 0 Å². The van der Waals surface area contributed by atoms with Gasteiger partial charge in [-0.25, -0.2) is 21.6 Å². The molecule has 0 bridgehead atoms. The molecular formula is C16H12N2O6S2. The molecule has 0 spiro atoms. The highest BCUT2D eigenvalue weighted by Crippen LogP contribution is 2.31. The van der Waals surface area contributed by atoms with E-state index in [-0.39, 0.29) is 16.0 Å². The van der Waals surface area contributed by atoms with Crippen LogP contribution in [0.1, 0.15) is 0 Å². The minimum Gasteiger partial charge on any atom is -0.478 e. The molecule has 26 heavy (non-hydrogen) atoms. The van der Waals surface area contributed by atoms with Gasteiger partial charge in [-0.1, -0.05) is 24.3 Å². The molecule has 0 saturated carbocycles. The Hall–Kier alpha value is -3.16. The van der Waals surface area contributed by atoms with E-state index in [1.807, 2.05) is 0 Å². The van der Waals surface area contributed by atoms with Gasteiger partial charge in [0.25, 0.3) is 10.0 Å². The Morgan fingerprint density at radius 3 is 2.31 bits per heavy atom. The Labute approximate surface area is 149 Å². The summed E-state index contributed by atoms with van der Waals surface area (Å²) < 4.78 is 50.8. The van der Waals surface area contributed by atoms with Crippen LogP contribution in [-0.2, 0) is 24.7 Å². The second-order valence-corrected chi connectivity index (χ2v) is 8.29. The average molecular weight is 392 g/mol. The highest BCUT2D eigenvalue weighted by atomic mass is 32.2. The van der Waals surface area contributed by atoms with Crippen LogP contribution in [0, 0.1) is 11.3 Å². The van der Waals surface area contributed by atoms with E-state index in [9.17, 15) is 21.6 Å². The van der Waals surface area contributed by atoms with Gasteiger partial charge in [-0.2, -0.15) is 5.26 Å². The zero-order valence-electron chi connectivity index (χ0n) is 13.0. The van der Waals surface area contributed by atoms with Crippen molar-refractivity contribution in [1.82, 2.24) is 0 Å². The van der Waals surface area contributed by atoms with Gasteiger partial charge in [-0.3, -0.25) is 4.72 Å². The third-order valence-corrected chi connectivity index (χ3v) is 5.62. The van der Waals surface area contributed by atoms with Crippen molar-refractivity contribution >= 4 is 42.3 Å². The van der Waals surface area contributed by atoms with Crippen molar-refractivity contribution in [3.8, 4) is 6.07 Å². The first-order chi connectivity index (χ1) is 12.2. The minimum atomic E-state index is -4.05. The van der Waals surface area contributed by atoms with Crippen molar-refractivity contribution < 1.29 is 26.7 Å². The fourth-order valence-corrected chi connectivity index (χ4v) is 4.11. The molecule has 2 aromatic rings. The van der Waals surface area contributed by atoms with Crippen LogP contribution in [0.15, 0.2) is 64.3 Å². The highest BCUT2D eigenvalue weighted by molar-refractivity contribution is 7.95. The lowest BCUT2D eigenvalue weighted by molar-refractivity contribution is -0.131. The molecule has 0 aromatic heterocycles. The molecule has 0 heterocycles. The fourth-order valence-electron chi connectivity index (χ4n) is 2.14. The number of hydrogen-bond acceptors (Lipinski definition) is 6. The monoisotopic (exact) mass is 392 g/mol. The summed E-state index contributed by atoms with van der Waals surface area (Å²) in [4.78, 5) is 10.4. The molecule has 0 aliphatic heterocycles. The van der Waals surface area contributed by atoms with Crippen LogP contribution in [0.25, 0.3) is 10.8 Å². The predicted molar refractivity (Wildman–Crippen MR) is 95.2 cm³/mol. The summed E-state index contributed by atoms with van der Waals surface area (Å²) in [6.07, 6.45) is 1.30. The first-order valence-corrected chi connectivity index (χ1v) is 10.0. The molecule has 134 valence electrons. The Balaban J connectivity index is 2.63. The zero-order valence-corrected chi connectivity index (χ0v) is 14.7. The van der Waals surface area contributed by atoms with Crippen LogP contribution < -0.4 is 4.72 Å². The van der Waals surface area contributed by atoms with E-state index in [1.165, 1.54) is 24.3 Å². The number of anilines is 1. The summed E-state index contributed by atoms with van der Waals surface area (Å²) in [5.74, 6) is -1.41. The molecule has 8 nitrogen and oxygen atoms in total. The molecule has 0 aliphatic rings. The topological polar surface area (TPSA) is 141 Å². The molecule has 0 amide bonds. The maximum Gasteiger partial charge on any atom is 0.329 e. The molecule has 0 unspecified atom stereocenters. The minimum absolute atomic E-state index is 0.115. The summed E-state index contributed by atoms with van der Waals surface area (Å²) >= 11 is 0. The molecule has 0 saturated heterocycles. The third-order valence-electron chi connectivity index (χ3n) is 3.15. The molecule has 0 radical (unpaired) electrons. The molecule has 2 aromatic carbocycles. The number of carboxylic acid groups (broad SMARTS) is 1. The Kier molecular flexibility index (Phi) is 5.44. The SMILES string of the molecule is N#C/C=C/S(=O)(=O)Nc1ccc(S(=O)(=O)/C=C/C(=O)O)c2ccccc12. The number of nitriles is 1. The molecule has 10 heteroatoms. The first-order valence-electron chi connectivity index (χ1n) is 6.93. The van der Waals surface area contributed by atoms with E-state index >= 15 is 0 Å². The number of hydrogen-bond donors (Lipinski definition) is 2. The van der Waals surface area contributed by atoms with Gasteiger partial charge in [0.2, 0.25) is 9.84 Å². The van der Waals surface area contributed by atoms with Crippen molar-refractivity contribution in [3.05, 3.63) is 59.4 Å². The van der Waals surface area contributed by atoms with E-state index in [4.69, 9.17) is 10.4 Å². The molecule has 0 fully saturated rings. The van der Waals surface area contributed by atoms with Gasteiger partial charge in [0.15, 0.2) is 0 Å². The number of sulfone groups is 1. The van der Waals surface area contributed by atoms with E-state index in [0.717, 1.165) is 6.08 Å². The highest BCUT2D eigenvalue weighted by Gasteiger charge is 2.18. The van der Waals surface area contributed by atoms with Crippen LogP contribution in [0.2, 0.25) is 0 Å². The predicted octanol–water partition coefficient (Wildman–Crippen LogP) is 1.99. The number of aliphatic carboxylic acids is 1. The van der Waals surface area contributed by atoms with Crippen LogP contribution >= 0.6 is 0 Å². The second-order valence-electron chi connectivity index (χ2n) is 4.92. The number of nitrogens with one attached hydrogen (secondary N) is 1. The number of carboxylic acids is 1. The number of rotatable bonds is 6.